The van der Waals surface area contributed by atoms with E-state index in [4.69, 9.17) is 10.6 Å². The molecule has 116 valence electrons. The Labute approximate surface area is 134 Å². The highest BCUT2D eigenvalue weighted by atomic mass is 79.9. The van der Waals surface area contributed by atoms with Gasteiger partial charge in [0.1, 0.15) is 11.6 Å². The number of nitrogens with two attached hydrogens (primary N) is 1. The molecule has 2 saturated carbocycles. The van der Waals surface area contributed by atoms with Gasteiger partial charge in [-0.05, 0) is 53.4 Å². The number of hydrazine groups is 1. The van der Waals surface area contributed by atoms with Gasteiger partial charge in [-0.25, -0.2) is 10.8 Å². The van der Waals surface area contributed by atoms with Crippen molar-refractivity contribution < 1.29 is 4.74 Å². The average Bonchev–Trinajstić information content (AvgIpc) is 2.86. The molecule has 2 bridgehead atoms. The highest BCUT2D eigenvalue weighted by molar-refractivity contribution is 9.10. The standard InChI is InChI=1S/C16H24BrN3O/c1-2-16(7-11-3-4-12(5-11)8-16)10-21-14-6-15(20-18)19-9-13(14)17/h6,9,11-12H,2-5,7-8,10,18H2,1H3,(H,19,20). The van der Waals surface area contributed by atoms with E-state index in [0.29, 0.717) is 11.2 Å². The third kappa shape index (κ3) is 3.19. The molecule has 0 radical (unpaired) electrons. The second-order valence-electron chi connectivity index (χ2n) is 6.74. The van der Waals surface area contributed by atoms with Crippen molar-refractivity contribution in [2.24, 2.45) is 23.1 Å². The summed E-state index contributed by atoms with van der Waals surface area (Å²) in [6, 6.07) is 1.85. The van der Waals surface area contributed by atoms with Crippen molar-refractivity contribution in [2.45, 2.75) is 45.4 Å². The smallest absolute Gasteiger partial charge is 0.143 e. The minimum Gasteiger partial charge on any atom is -0.492 e. The van der Waals surface area contributed by atoms with Crippen molar-refractivity contribution >= 4 is 21.7 Å². The molecule has 0 aromatic carbocycles. The Hall–Kier alpha value is -0.810. The number of nitrogens with one attached hydrogen (secondary N) is 1. The summed E-state index contributed by atoms with van der Waals surface area (Å²) in [5.41, 5.74) is 2.92. The van der Waals surface area contributed by atoms with E-state index in [9.17, 15) is 0 Å². The van der Waals surface area contributed by atoms with Crippen molar-refractivity contribution in [3.63, 3.8) is 0 Å². The number of halogens is 1. The Bertz CT molecular complexity index is 496. The number of nitrogens with zero attached hydrogens (tertiary/aromatic N) is 1. The van der Waals surface area contributed by atoms with Crippen LogP contribution in [0.15, 0.2) is 16.7 Å². The SMILES string of the molecule is CCC1(COc2cc(NN)ncc2Br)CC2CCC(C2)C1. The highest BCUT2D eigenvalue weighted by Crippen LogP contribution is 2.52. The van der Waals surface area contributed by atoms with Crippen molar-refractivity contribution in [3.05, 3.63) is 16.7 Å². The Morgan fingerprint density at radius 3 is 2.76 bits per heavy atom. The number of pyridine rings is 1. The lowest BCUT2D eigenvalue weighted by Gasteiger charge is -2.40. The molecular formula is C16H24BrN3O. The second kappa shape index (κ2) is 6.13. The minimum atomic E-state index is 0.350. The highest BCUT2D eigenvalue weighted by Gasteiger charge is 2.43. The van der Waals surface area contributed by atoms with Gasteiger partial charge in [-0.2, -0.15) is 0 Å². The predicted octanol–water partition coefficient (Wildman–Crippen LogP) is 4.12. The second-order valence-corrected chi connectivity index (χ2v) is 7.59. The summed E-state index contributed by atoms with van der Waals surface area (Å²) >= 11 is 3.50. The monoisotopic (exact) mass is 353 g/mol. The van der Waals surface area contributed by atoms with E-state index in [1.807, 2.05) is 6.07 Å². The first kappa shape index (κ1) is 15.1. The van der Waals surface area contributed by atoms with Gasteiger partial charge in [0.25, 0.3) is 0 Å². The van der Waals surface area contributed by atoms with Gasteiger partial charge in [-0.15, -0.1) is 0 Å². The number of anilines is 1. The molecule has 1 aromatic heterocycles. The van der Waals surface area contributed by atoms with Crippen LogP contribution in [0.2, 0.25) is 0 Å². The maximum Gasteiger partial charge on any atom is 0.143 e. The van der Waals surface area contributed by atoms with Crippen molar-refractivity contribution in [1.82, 2.24) is 4.98 Å². The largest absolute Gasteiger partial charge is 0.492 e. The molecule has 0 spiro atoms. The normalized spacial score (nSPS) is 31.2. The quantitative estimate of drug-likeness (QED) is 0.617. The first-order valence-corrected chi connectivity index (χ1v) is 8.68. The fourth-order valence-electron chi connectivity index (χ4n) is 4.21. The van der Waals surface area contributed by atoms with Crippen LogP contribution in [0.25, 0.3) is 0 Å². The van der Waals surface area contributed by atoms with E-state index in [1.54, 1.807) is 6.20 Å². The Kier molecular flexibility index (Phi) is 4.41. The number of hydrogen-bond acceptors (Lipinski definition) is 4. The molecule has 0 aliphatic heterocycles. The summed E-state index contributed by atoms with van der Waals surface area (Å²) in [5, 5.41) is 0. The van der Waals surface area contributed by atoms with Crippen LogP contribution < -0.4 is 16.0 Å². The van der Waals surface area contributed by atoms with Crippen molar-refractivity contribution in [2.75, 3.05) is 12.0 Å². The molecule has 2 unspecified atom stereocenters. The molecule has 4 nitrogen and oxygen atoms in total. The molecule has 21 heavy (non-hydrogen) atoms. The molecule has 2 aliphatic carbocycles. The molecule has 1 heterocycles. The summed E-state index contributed by atoms with van der Waals surface area (Å²) in [5.74, 6) is 8.72. The van der Waals surface area contributed by atoms with E-state index in [1.165, 1.54) is 38.5 Å². The van der Waals surface area contributed by atoms with Crippen LogP contribution in [-0.4, -0.2) is 11.6 Å². The lowest BCUT2D eigenvalue weighted by atomic mass is 9.68. The lowest BCUT2D eigenvalue weighted by molar-refractivity contribution is 0.0595. The number of rotatable bonds is 5. The lowest BCUT2D eigenvalue weighted by Crippen LogP contribution is -2.34. The van der Waals surface area contributed by atoms with Gasteiger partial charge >= 0.3 is 0 Å². The number of hydrogen-bond donors (Lipinski definition) is 2. The van der Waals surface area contributed by atoms with Crippen molar-refractivity contribution in [3.8, 4) is 5.75 Å². The van der Waals surface area contributed by atoms with Crippen LogP contribution in [-0.2, 0) is 0 Å². The van der Waals surface area contributed by atoms with Gasteiger partial charge < -0.3 is 10.2 Å². The van der Waals surface area contributed by atoms with E-state index in [2.05, 4.69) is 33.3 Å². The molecule has 2 aliphatic rings. The number of nitrogen functional groups attached to an aromatic ring is 1. The molecule has 3 N–H and O–H groups in total. The number of aromatic nitrogens is 1. The Morgan fingerprint density at radius 2 is 2.14 bits per heavy atom. The average molecular weight is 354 g/mol. The third-order valence-corrected chi connectivity index (χ3v) is 5.94. The van der Waals surface area contributed by atoms with Gasteiger partial charge in [0.05, 0.1) is 11.1 Å². The van der Waals surface area contributed by atoms with E-state index in [0.717, 1.165) is 28.7 Å². The maximum absolute atomic E-state index is 6.16. The van der Waals surface area contributed by atoms with E-state index < -0.39 is 0 Å². The Balaban J connectivity index is 1.71. The zero-order valence-electron chi connectivity index (χ0n) is 12.6. The molecule has 2 fully saturated rings. The van der Waals surface area contributed by atoms with Crippen LogP contribution in [0, 0.1) is 17.3 Å². The van der Waals surface area contributed by atoms with Gasteiger partial charge in [0.2, 0.25) is 0 Å². The van der Waals surface area contributed by atoms with Gasteiger partial charge in [0.15, 0.2) is 0 Å². The van der Waals surface area contributed by atoms with Crippen LogP contribution in [0.5, 0.6) is 5.75 Å². The molecule has 2 atom stereocenters. The molecule has 0 saturated heterocycles. The van der Waals surface area contributed by atoms with Crippen LogP contribution in [0.4, 0.5) is 5.82 Å². The molecular weight excluding hydrogens is 330 g/mol. The summed E-state index contributed by atoms with van der Waals surface area (Å²) in [6.07, 6.45) is 9.87. The summed E-state index contributed by atoms with van der Waals surface area (Å²) in [4.78, 5) is 4.16. The van der Waals surface area contributed by atoms with Crippen LogP contribution in [0.3, 0.4) is 0 Å². The number of fused-ring (bicyclic) bond motifs is 2. The summed E-state index contributed by atoms with van der Waals surface area (Å²) < 4.78 is 7.04. The van der Waals surface area contributed by atoms with Crippen molar-refractivity contribution in [1.29, 1.82) is 0 Å². The third-order valence-electron chi connectivity index (χ3n) is 5.35. The topological polar surface area (TPSA) is 60.2 Å². The van der Waals surface area contributed by atoms with Crippen LogP contribution >= 0.6 is 15.9 Å². The van der Waals surface area contributed by atoms with Gasteiger partial charge in [-0.3, -0.25) is 0 Å². The van der Waals surface area contributed by atoms with Gasteiger partial charge in [-0.1, -0.05) is 19.8 Å². The minimum absolute atomic E-state index is 0.350. The zero-order valence-corrected chi connectivity index (χ0v) is 14.2. The summed E-state index contributed by atoms with van der Waals surface area (Å²) in [6.45, 7) is 3.10. The van der Waals surface area contributed by atoms with Crippen LogP contribution in [0.1, 0.15) is 45.4 Å². The fourth-order valence-corrected chi connectivity index (χ4v) is 4.54. The van der Waals surface area contributed by atoms with Gasteiger partial charge in [0, 0.05) is 17.7 Å². The zero-order chi connectivity index (χ0) is 14.9. The maximum atomic E-state index is 6.16. The predicted molar refractivity (Wildman–Crippen MR) is 88.0 cm³/mol. The number of ether oxygens (including phenoxy) is 1. The molecule has 0 amide bonds. The molecule has 1 aromatic rings. The molecule has 3 rings (SSSR count). The summed E-state index contributed by atoms with van der Waals surface area (Å²) in [7, 11) is 0. The van der Waals surface area contributed by atoms with E-state index in [-0.39, 0.29) is 0 Å². The molecule has 5 heteroatoms. The fraction of sp³-hybridized carbons (Fsp3) is 0.688. The van der Waals surface area contributed by atoms with E-state index >= 15 is 0 Å². The first-order valence-electron chi connectivity index (χ1n) is 7.89. The Morgan fingerprint density at radius 1 is 1.43 bits per heavy atom. The first-order chi connectivity index (χ1) is 10.1.